The molecule has 0 aliphatic heterocycles. The fraction of sp³-hybridized carbons (Fsp3) is 0.143. The van der Waals surface area contributed by atoms with E-state index in [1.165, 1.54) is 52.4 Å². The molecule has 166 valence electrons. The Balaban J connectivity index is 1.74. The molecule has 0 spiro atoms. The molecule has 2 aromatic carbocycles. The lowest BCUT2D eigenvalue weighted by Gasteiger charge is -2.09. The van der Waals surface area contributed by atoms with Gasteiger partial charge in [0.1, 0.15) is 15.9 Å². The average molecular weight is 502 g/mol. The van der Waals surface area contributed by atoms with Gasteiger partial charge in [-0.3, -0.25) is 0 Å². The maximum Gasteiger partial charge on any atom is 0.573 e. The summed E-state index contributed by atoms with van der Waals surface area (Å²) < 4.78 is 57.3. The number of alkyl halides is 3. The van der Waals surface area contributed by atoms with E-state index < -0.39 is 12.2 Å². The Morgan fingerprint density at radius 3 is 2.34 bits per heavy atom. The van der Waals surface area contributed by atoms with Crippen molar-refractivity contribution in [2.75, 3.05) is 0 Å². The van der Waals surface area contributed by atoms with Crippen molar-refractivity contribution >= 4 is 34.5 Å². The van der Waals surface area contributed by atoms with Crippen molar-refractivity contribution < 1.29 is 22.3 Å². The molecule has 11 heteroatoms. The molecule has 0 saturated heterocycles. The van der Waals surface area contributed by atoms with Gasteiger partial charge in [0.2, 0.25) is 0 Å². The summed E-state index contributed by atoms with van der Waals surface area (Å²) in [5.74, 6) is -0.352. The van der Waals surface area contributed by atoms with E-state index >= 15 is 0 Å². The van der Waals surface area contributed by atoms with Gasteiger partial charge in [0.05, 0.1) is 16.1 Å². The third-order valence-corrected chi connectivity index (χ3v) is 6.49. The quantitative estimate of drug-likeness (QED) is 0.271. The molecule has 4 aromatic rings. The number of thiophene rings is 1. The molecule has 0 unspecified atom stereocenters. The van der Waals surface area contributed by atoms with Gasteiger partial charge in [-0.25, -0.2) is 14.1 Å². The van der Waals surface area contributed by atoms with Crippen LogP contribution >= 0.6 is 34.5 Å². The van der Waals surface area contributed by atoms with Crippen LogP contribution in [-0.2, 0) is 7.05 Å². The van der Waals surface area contributed by atoms with Crippen LogP contribution < -0.4 is 4.74 Å². The Bertz CT molecular complexity index is 1280. The van der Waals surface area contributed by atoms with Gasteiger partial charge in [-0.1, -0.05) is 29.3 Å². The summed E-state index contributed by atoms with van der Waals surface area (Å²) in [6.45, 7) is 1.82. The number of nitrogens with zero attached hydrogens (tertiary/aromatic N) is 3. The van der Waals surface area contributed by atoms with Crippen LogP contribution in [0.1, 0.15) is 5.56 Å². The highest BCUT2D eigenvalue weighted by Gasteiger charge is 2.31. The minimum atomic E-state index is -4.76. The van der Waals surface area contributed by atoms with Crippen LogP contribution in [-0.4, -0.2) is 21.1 Å². The summed E-state index contributed by atoms with van der Waals surface area (Å²) in [5.41, 5.74) is 2.09. The molecule has 0 atom stereocenters. The topological polar surface area (TPSA) is 39.9 Å². The van der Waals surface area contributed by atoms with Crippen molar-refractivity contribution in [1.29, 1.82) is 0 Å². The van der Waals surface area contributed by atoms with Crippen molar-refractivity contribution in [3.05, 3.63) is 63.2 Å². The third kappa shape index (κ3) is 4.32. The second kappa shape index (κ2) is 8.38. The molecule has 0 fully saturated rings. The number of halogens is 6. The Morgan fingerprint density at radius 2 is 1.72 bits per heavy atom. The van der Waals surface area contributed by atoms with E-state index in [0.29, 0.717) is 21.3 Å². The molecule has 0 aliphatic rings. The number of ether oxygens (including phenoxy) is 1. The van der Waals surface area contributed by atoms with Crippen LogP contribution in [0, 0.1) is 12.7 Å². The summed E-state index contributed by atoms with van der Waals surface area (Å²) >= 11 is 13.9. The molecule has 0 bridgehead atoms. The first kappa shape index (κ1) is 22.6. The second-order valence-electron chi connectivity index (χ2n) is 6.76. The molecular formula is C21H13Cl2F4N3OS. The maximum atomic E-state index is 14.3. The zero-order chi connectivity index (χ0) is 23.2. The summed E-state index contributed by atoms with van der Waals surface area (Å²) in [4.78, 5) is 5.21. The molecule has 0 amide bonds. The van der Waals surface area contributed by atoms with E-state index in [0.717, 1.165) is 10.4 Å². The molecule has 0 saturated carbocycles. The van der Waals surface area contributed by atoms with Gasteiger partial charge < -0.3 is 4.74 Å². The third-order valence-electron chi connectivity index (χ3n) is 4.63. The van der Waals surface area contributed by atoms with E-state index in [9.17, 15) is 17.6 Å². The molecule has 0 N–H and O–H groups in total. The zero-order valence-electron chi connectivity index (χ0n) is 16.5. The fourth-order valence-corrected chi connectivity index (χ4v) is 4.98. The monoisotopic (exact) mass is 501 g/mol. The van der Waals surface area contributed by atoms with Crippen LogP contribution in [0.2, 0.25) is 9.36 Å². The van der Waals surface area contributed by atoms with Crippen LogP contribution in [0.25, 0.3) is 33.2 Å². The Hall–Kier alpha value is -2.62. The molecule has 0 radical (unpaired) electrons. The molecular weight excluding hydrogens is 489 g/mol. The number of hydrogen-bond acceptors (Lipinski definition) is 4. The molecule has 2 heterocycles. The lowest BCUT2D eigenvalue weighted by Crippen LogP contribution is -2.16. The lowest BCUT2D eigenvalue weighted by atomic mass is 10.1. The van der Waals surface area contributed by atoms with Crippen molar-refractivity contribution in [1.82, 2.24) is 14.8 Å². The molecule has 4 nitrogen and oxygen atoms in total. The van der Waals surface area contributed by atoms with E-state index in [-0.39, 0.29) is 22.2 Å². The zero-order valence-corrected chi connectivity index (χ0v) is 18.8. The van der Waals surface area contributed by atoms with Crippen LogP contribution in [0.5, 0.6) is 5.75 Å². The van der Waals surface area contributed by atoms with Gasteiger partial charge >= 0.3 is 6.36 Å². The number of aryl methyl sites for hydroxylation is 1. The van der Waals surface area contributed by atoms with Gasteiger partial charge in [0.15, 0.2) is 11.6 Å². The first-order valence-electron chi connectivity index (χ1n) is 9.06. The highest BCUT2D eigenvalue weighted by Crippen LogP contribution is 2.45. The number of aromatic nitrogens is 3. The minimum Gasteiger partial charge on any atom is -0.406 e. The molecule has 0 aliphatic carbocycles. The SMILES string of the molecule is Cc1c(-c2ccc(OC(F)(F)F)cc2)sc(Cl)c1-c1nc(-c2c(F)cccc2Cl)nn1C. The highest BCUT2D eigenvalue weighted by atomic mass is 35.5. The fourth-order valence-electron chi connectivity index (χ4n) is 3.24. The Kier molecular flexibility index (Phi) is 5.91. The number of rotatable bonds is 4. The lowest BCUT2D eigenvalue weighted by molar-refractivity contribution is -0.274. The second-order valence-corrected chi connectivity index (χ2v) is 8.79. The van der Waals surface area contributed by atoms with Crippen molar-refractivity contribution in [2.24, 2.45) is 7.05 Å². The normalized spacial score (nSPS) is 11.8. The van der Waals surface area contributed by atoms with Gasteiger partial charge in [-0.05, 0) is 54.4 Å². The summed E-state index contributed by atoms with van der Waals surface area (Å²) in [6.07, 6.45) is -4.76. The average Bonchev–Trinajstić information content (AvgIpc) is 3.20. The maximum absolute atomic E-state index is 14.3. The highest BCUT2D eigenvalue weighted by molar-refractivity contribution is 7.20. The molecule has 2 aromatic heterocycles. The van der Waals surface area contributed by atoms with E-state index in [1.807, 2.05) is 6.92 Å². The summed E-state index contributed by atoms with van der Waals surface area (Å²) in [7, 11) is 1.65. The van der Waals surface area contributed by atoms with Gasteiger partial charge in [0, 0.05) is 11.9 Å². The van der Waals surface area contributed by atoms with Crippen LogP contribution in [0.3, 0.4) is 0 Å². The van der Waals surface area contributed by atoms with E-state index in [1.54, 1.807) is 13.1 Å². The standard InChI is InChI=1S/C21H13Cl2F4N3OS/c1-10-15(20-28-19(29-30(20)2)16-13(22)4-3-5-14(16)24)18(23)32-17(10)11-6-8-12(9-7-11)31-21(25,26)27/h3-9H,1-2H3. The van der Waals surface area contributed by atoms with E-state index in [4.69, 9.17) is 23.2 Å². The van der Waals surface area contributed by atoms with Crippen molar-refractivity contribution in [2.45, 2.75) is 13.3 Å². The minimum absolute atomic E-state index is 0.0838. The largest absolute Gasteiger partial charge is 0.573 e. The van der Waals surface area contributed by atoms with Gasteiger partial charge in [-0.15, -0.1) is 24.5 Å². The van der Waals surface area contributed by atoms with Crippen molar-refractivity contribution in [3.63, 3.8) is 0 Å². The van der Waals surface area contributed by atoms with Gasteiger partial charge in [0.25, 0.3) is 0 Å². The van der Waals surface area contributed by atoms with E-state index in [2.05, 4.69) is 14.8 Å². The smallest absolute Gasteiger partial charge is 0.406 e. The predicted molar refractivity (Wildman–Crippen MR) is 117 cm³/mol. The van der Waals surface area contributed by atoms with Crippen LogP contribution in [0.15, 0.2) is 42.5 Å². The Labute approximate surface area is 194 Å². The van der Waals surface area contributed by atoms with Gasteiger partial charge in [-0.2, -0.15) is 5.10 Å². The number of hydrogen-bond donors (Lipinski definition) is 0. The summed E-state index contributed by atoms with van der Waals surface area (Å²) in [5, 5.41) is 4.47. The first-order chi connectivity index (χ1) is 15.0. The molecule has 32 heavy (non-hydrogen) atoms. The van der Waals surface area contributed by atoms with Crippen LogP contribution in [0.4, 0.5) is 17.6 Å². The number of benzene rings is 2. The Morgan fingerprint density at radius 1 is 1.03 bits per heavy atom. The molecule has 4 rings (SSSR count). The first-order valence-corrected chi connectivity index (χ1v) is 10.6. The summed E-state index contributed by atoms with van der Waals surface area (Å²) in [6, 6.07) is 9.80. The predicted octanol–water partition coefficient (Wildman–Crippen LogP) is 7.53. The van der Waals surface area contributed by atoms with Crippen molar-refractivity contribution in [3.8, 4) is 39.0 Å².